The van der Waals surface area contributed by atoms with Crippen molar-refractivity contribution in [2.45, 2.75) is 31.8 Å². The van der Waals surface area contributed by atoms with Crippen LogP contribution in [-0.2, 0) is 11.2 Å². The first-order valence-corrected chi connectivity index (χ1v) is 9.64. The molecule has 0 spiro atoms. The molecule has 2 aliphatic rings. The van der Waals surface area contributed by atoms with Crippen molar-refractivity contribution in [1.29, 1.82) is 0 Å². The number of para-hydroxylation sites is 1. The van der Waals surface area contributed by atoms with Gasteiger partial charge in [-0.15, -0.1) is 0 Å². The summed E-state index contributed by atoms with van der Waals surface area (Å²) in [6, 6.07) is 8.22. The summed E-state index contributed by atoms with van der Waals surface area (Å²) in [5.41, 5.74) is 0.467. The molecule has 25 heavy (non-hydrogen) atoms. The highest BCUT2D eigenvalue weighted by atomic mass is 16.5. The molecular weight excluding hydrogens is 316 g/mol. The number of nitrogens with zero attached hydrogens (tertiary/aromatic N) is 2. The molecule has 2 fully saturated rings. The Morgan fingerprint density at radius 2 is 1.96 bits per heavy atom. The van der Waals surface area contributed by atoms with E-state index in [-0.39, 0.29) is 0 Å². The molecule has 1 aromatic carbocycles. The number of β-amino-alcohol motifs (C(OH)–C–C–N with tert-alkyl or cyclic N) is 1. The number of likely N-dealkylation sites (tertiary alicyclic amines) is 1. The van der Waals surface area contributed by atoms with Gasteiger partial charge in [-0.25, -0.2) is 0 Å². The Hall–Kier alpha value is -1.14. The Morgan fingerprint density at radius 3 is 2.76 bits per heavy atom. The Kier molecular flexibility index (Phi) is 6.70. The molecule has 2 saturated heterocycles. The summed E-state index contributed by atoms with van der Waals surface area (Å²) >= 11 is 0. The molecule has 0 amide bonds. The second-order valence-electron chi connectivity index (χ2n) is 7.35. The molecule has 5 heteroatoms. The third-order valence-electron chi connectivity index (χ3n) is 5.18. The van der Waals surface area contributed by atoms with Crippen LogP contribution in [0, 0.1) is 0 Å². The molecule has 1 unspecified atom stereocenters. The zero-order chi connectivity index (χ0) is 17.5. The lowest BCUT2D eigenvalue weighted by molar-refractivity contribution is -0.0547. The van der Waals surface area contributed by atoms with Crippen molar-refractivity contribution < 1.29 is 14.6 Å². The van der Waals surface area contributed by atoms with E-state index in [9.17, 15) is 5.11 Å². The minimum atomic E-state index is -0.776. The average molecular weight is 348 g/mol. The van der Waals surface area contributed by atoms with Crippen molar-refractivity contribution in [2.75, 3.05) is 59.1 Å². The van der Waals surface area contributed by atoms with E-state index in [1.54, 1.807) is 0 Å². The maximum atomic E-state index is 11.0. The van der Waals surface area contributed by atoms with Gasteiger partial charge in [-0.05, 0) is 44.0 Å². The van der Waals surface area contributed by atoms with Crippen LogP contribution in [0.2, 0.25) is 0 Å². The summed E-state index contributed by atoms with van der Waals surface area (Å²) < 4.78 is 11.7. The summed E-state index contributed by atoms with van der Waals surface area (Å²) in [6.45, 7) is 9.10. The van der Waals surface area contributed by atoms with Crippen LogP contribution in [0.3, 0.4) is 0 Å². The predicted molar refractivity (Wildman–Crippen MR) is 99.2 cm³/mol. The van der Waals surface area contributed by atoms with E-state index in [0.29, 0.717) is 32.9 Å². The molecular formula is C20H32N2O3. The highest BCUT2D eigenvalue weighted by Crippen LogP contribution is 2.20. The number of aliphatic hydroxyl groups is 1. The number of benzene rings is 1. The summed E-state index contributed by atoms with van der Waals surface area (Å²) in [5, 5.41) is 11.0. The molecule has 3 rings (SSSR count). The molecule has 1 aromatic rings. The maximum Gasteiger partial charge on any atom is 0.122 e. The van der Waals surface area contributed by atoms with Gasteiger partial charge in [0.25, 0.3) is 0 Å². The normalized spacial score (nSPS) is 25.8. The van der Waals surface area contributed by atoms with Crippen LogP contribution >= 0.6 is 0 Å². The molecule has 0 aromatic heterocycles. The van der Waals surface area contributed by atoms with Gasteiger partial charge < -0.3 is 19.5 Å². The van der Waals surface area contributed by atoms with Crippen molar-refractivity contribution >= 4 is 0 Å². The Balaban J connectivity index is 1.50. The van der Waals surface area contributed by atoms with Gasteiger partial charge in [0.15, 0.2) is 0 Å². The Morgan fingerprint density at radius 1 is 1.16 bits per heavy atom. The fourth-order valence-electron chi connectivity index (χ4n) is 3.86. The van der Waals surface area contributed by atoms with Crippen LogP contribution in [-0.4, -0.2) is 79.6 Å². The molecule has 0 radical (unpaired) electrons. The van der Waals surface area contributed by atoms with Crippen molar-refractivity contribution in [3.05, 3.63) is 29.8 Å². The van der Waals surface area contributed by atoms with E-state index in [0.717, 1.165) is 38.3 Å². The number of aryl methyl sites for hydroxylation is 1. The zero-order valence-electron chi connectivity index (χ0n) is 15.5. The molecule has 1 N–H and O–H groups in total. The SMILES string of the molecule is CCc1ccccc1OCCN1CCOCC(O)(CN2CCCC2)C1. The summed E-state index contributed by atoms with van der Waals surface area (Å²) in [7, 11) is 0. The van der Waals surface area contributed by atoms with Gasteiger partial charge in [-0.3, -0.25) is 4.90 Å². The lowest BCUT2D eigenvalue weighted by Gasteiger charge is -2.34. The van der Waals surface area contributed by atoms with Crippen molar-refractivity contribution in [3.63, 3.8) is 0 Å². The second kappa shape index (κ2) is 8.99. The molecule has 0 saturated carbocycles. The van der Waals surface area contributed by atoms with Gasteiger partial charge >= 0.3 is 0 Å². The van der Waals surface area contributed by atoms with Gasteiger partial charge in [0, 0.05) is 26.2 Å². The number of rotatable bonds is 7. The third-order valence-corrected chi connectivity index (χ3v) is 5.18. The first kappa shape index (κ1) is 18.6. The van der Waals surface area contributed by atoms with Crippen LogP contribution in [0.15, 0.2) is 24.3 Å². The monoisotopic (exact) mass is 348 g/mol. The van der Waals surface area contributed by atoms with Crippen LogP contribution in [0.5, 0.6) is 5.75 Å². The van der Waals surface area contributed by atoms with Crippen molar-refractivity contribution in [2.24, 2.45) is 0 Å². The van der Waals surface area contributed by atoms with Gasteiger partial charge in [0.2, 0.25) is 0 Å². The van der Waals surface area contributed by atoms with Crippen LogP contribution in [0.25, 0.3) is 0 Å². The molecule has 0 bridgehead atoms. The van der Waals surface area contributed by atoms with Crippen molar-refractivity contribution in [1.82, 2.24) is 9.80 Å². The van der Waals surface area contributed by atoms with E-state index in [1.165, 1.54) is 18.4 Å². The van der Waals surface area contributed by atoms with E-state index >= 15 is 0 Å². The largest absolute Gasteiger partial charge is 0.492 e. The average Bonchev–Trinajstić information content (AvgIpc) is 3.04. The highest BCUT2D eigenvalue weighted by molar-refractivity contribution is 5.33. The lowest BCUT2D eigenvalue weighted by Crippen LogP contribution is -2.52. The topological polar surface area (TPSA) is 45.2 Å². The number of hydrogen-bond acceptors (Lipinski definition) is 5. The fraction of sp³-hybridized carbons (Fsp3) is 0.700. The van der Waals surface area contributed by atoms with Crippen LogP contribution < -0.4 is 4.74 Å². The number of ether oxygens (including phenoxy) is 2. The maximum absolute atomic E-state index is 11.0. The smallest absolute Gasteiger partial charge is 0.122 e. The molecule has 0 aliphatic carbocycles. The van der Waals surface area contributed by atoms with Crippen LogP contribution in [0.4, 0.5) is 0 Å². The predicted octanol–water partition coefficient (Wildman–Crippen LogP) is 1.79. The van der Waals surface area contributed by atoms with E-state index < -0.39 is 5.60 Å². The quantitative estimate of drug-likeness (QED) is 0.814. The zero-order valence-corrected chi connectivity index (χ0v) is 15.5. The second-order valence-corrected chi connectivity index (χ2v) is 7.35. The van der Waals surface area contributed by atoms with Gasteiger partial charge in [0.05, 0.1) is 13.2 Å². The van der Waals surface area contributed by atoms with Gasteiger partial charge in [-0.1, -0.05) is 25.1 Å². The number of hydrogen-bond donors (Lipinski definition) is 1. The molecule has 140 valence electrons. The Labute approximate surface area is 151 Å². The summed E-state index contributed by atoms with van der Waals surface area (Å²) in [4.78, 5) is 4.64. The summed E-state index contributed by atoms with van der Waals surface area (Å²) in [6.07, 6.45) is 3.46. The van der Waals surface area contributed by atoms with Crippen LogP contribution in [0.1, 0.15) is 25.3 Å². The molecule has 5 nitrogen and oxygen atoms in total. The minimum Gasteiger partial charge on any atom is -0.492 e. The van der Waals surface area contributed by atoms with E-state index in [4.69, 9.17) is 9.47 Å². The lowest BCUT2D eigenvalue weighted by atomic mass is 10.0. The fourth-order valence-corrected chi connectivity index (χ4v) is 3.86. The molecule has 1 atom stereocenters. The first-order valence-electron chi connectivity index (χ1n) is 9.64. The van der Waals surface area contributed by atoms with E-state index in [2.05, 4.69) is 28.9 Å². The van der Waals surface area contributed by atoms with Gasteiger partial charge in [0.1, 0.15) is 18.0 Å². The summed E-state index contributed by atoms with van der Waals surface area (Å²) in [5.74, 6) is 0.975. The van der Waals surface area contributed by atoms with Gasteiger partial charge in [-0.2, -0.15) is 0 Å². The van der Waals surface area contributed by atoms with E-state index in [1.807, 2.05) is 12.1 Å². The molecule has 2 heterocycles. The first-order chi connectivity index (χ1) is 12.2. The highest BCUT2D eigenvalue weighted by Gasteiger charge is 2.35. The minimum absolute atomic E-state index is 0.430. The molecule has 2 aliphatic heterocycles. The Bertz CT molecular complexity index is 533. The third kappa shape index (κ3) is 5.42. The van der Waals surface area contributed by atoms with Crippen molar-refractivity contribution in [3.8, 4) is 5.75 Å². The standard InChI is InChI=1S/C20H32N2O3/c1-2-18-7-3-4-8-19(18)25-14-12-22-11-13-24-17-20(23,16-22)15-21-9-5-6-10-21/h3-4,7-8,23H,2,5-6,9-17H2,1H3.